The molecular weight excluding hydrogens is 937 g/mol. The van der Waals surface area contributed by atoms with E-state index in [0.717, 1.165) is 57.1 Å². The Morgan fingerprint density at radius 2 is 1.49 bits per heavy atom. The SMILES string of the molecule is CC(C)(C)C1=CC=C(N(C2=CCC3C(C2)c2ccccc2N3C2C=CCCC2)C2C=CC3c4cc5ccc(N(c6ccc(C(C)(C)C)cc6)C6C=c7c(n(C8=CCCC=C8)c8ccccc78)=CC6)cc5cc4OC3C2)CC1. The number of rotatable bonds is 8. The van der Waals surface area contributed by atoms with E-state index in [4.69, 9.17) is 4.74 Å². The van der Waals surface area contributed by atoms with Crippen LogP contribution in [0, 0.1) is 5.41 Å². The molecule has 8 aliphatic rings. The Hall–Kier alpha value is -6.98. The number of para-hydroxylation sites is 2. The third kappa shape index (κ3) is 8.50. The molecule has 77 heavy (non-hydrogen) atoms. The molecule has 0 radical (unpaired) electrons. The van der Waals surface area contributed by atoms with Crippen LogP contribution in [0.15, 0.2) is 181 Å². The van der Waals surface area contributed by atoms with Gasteiger partial charge in [0.05, 0.1) is 17.6 Å². The summed E-state index contributed by atoms with van der Waals surface area (Å²) in [6.45, 7) is 14.0. The molecule has 0 fully saturated rings. The molecule has 14 rings (SSSR count). The number of nitrogens with zero attached hydrogens (tertiary/aromatic N) is 4. The fourth-order valence-electron chi connectivity index (χ4n) is 14.9. The summed E-state index contributed by atoms with van der Waals surface area (Å²) in [5, 5.41) is 6.42. The number of ether oxygens (including phenoxy) is 1. The van der Waals surface area contributed by atoms with E-state index < -0.39 is 0 Å². The van der Waals surface area contributed by atoms with Gasteiger partial charge in [0.25, 0.3) is 0 Å². The van der Waals surface area contributed by atoms with Gasteiger partial charge < -0.3 is 24.0 Å². The Bertz CT molecular complexity index is 3690. The van der Waals surface area contributed by atoms with Crippen molar-refractivity contribution in [2.24, 2.45) is 5.41 Å². The molecule has 7 atom stereocenters. The molecule has 6 aliphatic carbocycles. The van der Waals surface area contributed by atoms with Crippen LogP contribution in [0.2, 0.25) is 0 Å². The number of allylic oxidation sites excluding steroid dienone is 10. The van der Waals surface area contributed by atoms with E-state index in [9.17, 15) is 0 Å². The summed E-state index contributed by atoms with van der Waals surface area (Å²) in [5.74, 6) is 1.75. The van der Waals surface area contributed by atoms with Crippen molar-refractivity contribution in [2.45, 2.75) is 160 Å². The van der Waals surface area contributed by atoms with Crippen LogP contribution in [0.3, 0.4) is 0 Å². The minimum absolute atomic E-state index is 0.0650. The minimum atomic E-state index is 0.0650. The van der Waals surface area contributed by atoms with Crippen molar-refractivity contribution < 1.29 is 4.74 Å². The lowest BCUT2D eigenvalue weighted by Crippen LogP contribution is -2.45. The van der Waals surface area contributed by atoms with Crippen molar-refractivity contribution in [2.75, 3.05) is 9.80 Å². The maximum Gasteiger partial charge on any atom is 0.124 e. The first-order valence-electron chi connectivity index (χ1n) is 29.4. The highest BCUT2D eigenvalue weighted by Crippen LogP contribution is 2.53. The summed E-state index contributed by atoms with van der Waals surface area (Å²) in [4.78, 5) is 8.18. The van der Waals surface area contributed by atoms with Crippen LogP contribution in [0.5, 0.6) is 5.75 Å². The first-order valence-corrected chi connectivity index (χ1v) is 29.4. The van der Waals surface area contributed by atoms with Crippen molar-refractivity contribution >= 4 is 56.6 Å². The summed E-state index contributed by atoms with van der Waals surface area (Å²) < 4.78 is 9.72. The van der Waals surface area contributed by atoms with E-state index >= 15 is 0 Å². The Labute approximate surface area is 457 Å². The highest BCUT2D eigenvalue weighted by atomic mass is 16.5. The summed E-state index contributed by atoms with van der Waals surface area (Å²) >= 11 is 0. The van der Waals surface area contributed by atoms with Crippen LogP contribution < -0.4 is 25.1 Å². The zero-order valence-corrected chi connectivity index (χ0v) is 46.3. The van der Waals surface area contributed by atoms with Crippen LogP contribution in [0.25, 0.3) is 39.5 Å². The topological polar surface area (TPSA) is 23.9 Å². The lowest BCUT2D eigenvalue weighted by atomic mass is 9.79. The van der Waals surface area contributed by atoms with Gasteiger partial charge in [0.15, 0.2) is 0 Å². The molecule has 1 aromatic heterocycles. The van der Waals surface area contributed by atoms with Crippen molar-refractivity contribution in [3.63, 3.8) is 0 Å². The number of hydrogen-bond acceptors (Lipinski definition) is 4. The average molecular weight is 1010 g/mol. The van der Waals surface area contributed by atoms with E-state index in [1.165, 1.54) is 96.8 Å². The molecule has 390 valence electrons. The number of benzene rings is 5. The van der Waals surface area contributed by atoms with Gasteiger partial charge in [-0.05, 0) is 158 Å². The largest absolute Gasteiger partial charge is 0.489 e. The average Bonchev–Trinajstić information content (AvgIpc) is 4.17. The monoisotopic (exact) mass is 1010 g/mol. The van der Waals surface area contributed by atoms with Crippen LogP contribution >= 0.6 is 0 Å². The minimum Gasteiger partial charge on any atom is -0.489 e. The fraction of sp³-hybridized carbons (Fsp3) is 0.361. The molecule has 6 aromatic rings. The second kappa shape index (κ2) is 18.9. The standard InChI is InChI=1S/C72H76N4O/c1-71(2,3)49-26-31-53(32-27-49)73(56-36-39-67-62(44-56)59-21-13-15-23-65(59)75(67)51-17-9-7-10-18-51)55-30-25-47-42-64-61-38-35-58(46-70(61)77-69(64)43-48(47)41-55)74(54-33-28-50(29-34-54)72(4,5)6)57-37-40-68-63(45-57)60-22-14-16-24-66(60)76(68)52-19-11-8-12-20-52/h9,11,13-19,21-28,30-33,35,37-39,41-44,52,56,58,61,63,68,70H,7-8,10,12,20,29,34,36,40,45-46H2,1-6H3. The van der Waals surface area contributed by atoms with E-state index in [1.807, 2.05) is 0 Å². The van der Waals surface area contributed by atoms with Gasteiger partial charge in [-0.2, -0.15) is 0 Å². The lowest BCUT2D eigenvalue weighted by Gasteiger charge is -2.44. The normalized spacial score (nSPS) is 25.3. The smallest absolute Gasteiger partial charge is 0.124 e. The molecule has 7 unspecified atom stereocenters. The summed E-state index contributed by atoms with van der Waals surface area (Å²) in [7, 11) is 0. The zero-order chi connectivity index (χ0) is 52.2. The third-order valence-corrected chi connectivity index (χ3v) is 18.8. The maximum absolute atomic E-state index is 7.23. The van der Waals surface area contributed by atoms with Crippen LogP contribution in [-0.4, -0.2) is 39.7 Å². The molecule has 3 heterocycles. The Morgan fingerprint density at radius 1 is 0.649 bits per heavy atom. The predicted molar refractivity (Wildman–Crippen MR) is 323 cm³/mol. The van der Waals surface area contributed by atoms with Gasteiger partial charge in [-0.3, -0.25) is 0 Å². The van der Waals surface area contributed by atoms with Crippen molar-refractivity contribution in [3.05, 3.63) is 208 Å². The molecule has 2 aliphatic heterocycles. The van der Waals surface area contributed by atoms with Crippen LogP contribution in [0.4, 0.5) is 17.1 Å². The molecule has 5 heteroatoms. The number of aromatic nitrogens is 1. The number of fused-ring (bicyclic) bond motifs is 10. The zero-order valence-electron chi connectivity index (χ0n) is 46.3. The molecular formula is C72H76N4O. The fourth-order valence-corrected chi connectivity index (χ4v) is 14.9. The highest BCUT2D eigenvalue weighted by molar-refractivity contribution is 5.91. The summed E-state index contributed by atoms with van der Waals surface area (Å²) in [6, 6.07) is 41.0. The van der Waals surface area contributed by atoms with Gasteiger partial charge in [-0.1, -0.05) is 162 Å². The highest BCUT2D eigenvalue weighted by Gasteiger charge is 2.45. The molecule has 5 aromatic carbocycles. The molecule has 0 amide bonds. The molecule has 0 bridgehead atoms. The van der Waals surface area contributed by atoms with E-state index in [1.54, 1.807) is 11.1 Å². The van der Waals surface area contributed by atoms with Gasteiger partial charge in [0, 0.05) is 86.0 Å². The van der Waals surface area contributed by atoms with Crippen molar-refractivity contribution in [1.29, 1.82) is 0 Å². The number of anilines is 3. The lowest BCUT2D eigenvalue weighted by molar-refractivity contribution is 0.162. The van der Waals surface area contributed by atoms with Gasteiger partial charge in [0.1, 0.15) is 11.9 Å². The maximum atomic E-state index is 7.23. The second-order valence-corrected chi connectivity index (χ2v) is 25.6. The van der Waals surface area contributed by atoms with E-state index in [2.05, 4.69) is 237 Å². The predicted octanol–water partition coefficient (Wildman–Crippen LogP) is 16.3. The first-order chi connectivity index (χ1) is 37.4. The Kier molecular flexibility index (Phi) is 11.9. The molecule has 0 saturated carbocycles. The second-order valence-electron chi connectivity index (χ2n) is 25.6. The summed E-state index contributed by atoms with van der Waals surface area (Å²) in [6.07, 6.45) is 41.8. The van der Waals surface area contributed by atoms with Gasteiger partial charge in [-0.25, -0.2) is 0 Å². The molecule has 5 nitrogen and oxygen atoms in total. The van der Waals surface area contributed by atoms with Crippen molar-refractivity contribution in [3.8, 4) is 5.75 Å². The van der Waals surface area contributed by atoms with Crippen LogP contribution in [-0.2, 0) is 5.41 Å². The molecule has 0 spiro atoms. The van der Waals surface area contributed by atoms with Crippen molar-refractivity contribution in [1.82, 2.24) is 9.47 Å². The van der Waals surface area contributed by atoms with E-state index in [-0.39, 0.29) is 34.9 Å². The quantitative estimate of drug-likeness (QED) is 0.142. The summed E-state index contributed by atoms with van der Waals surface area (Å²) in [5.41, 5.74) is 15.3. The third-order valence-electron chi connectivity index (χ3n) is 18.8. The van der Waals surface area contributed by atoms with Gasteiger partial charge in [0.2, 0.25) is 0 Å². The van der Waals surface area contributed by atoms with Gasteiger partial charge >= 0.3 is 0 Å². The number of hydrogen-bond donors (Lipinski definition) is 0. The Morgan fingerprint density at radius 3 is 2.29 bits per heavy atom. The molecule has 0 saturated heterocycles. The van der Waals surface area contributed by atoms with E-state index in [0.29, 0.717) is 18.0 Å². The first kappa shape index (κ1) is 48.4. The Balaban J connectivity index is 0.791. The molecule has 0 N–H and O–H groups in total. The van der Waals surface area contributed by atoms with Crippen LogP contribution in [0.1, 0.15) is 141 Å². The van der Waals surface area contributed by atoms with Gasteiger partial charge in [-0.15, -0.1) is 0 Å².